The lowest BCUT2D eigenvalue weighted by atomic mass is 10.1. The van der Waals surface area contributed by atoms with Gasteiger partial charge in [-0.25, -0.2) is 0 Å². The maximum absolute atomic E-state index is 2.59. The summed E-state index contributed by atoms with van der Waals surface area (Å²) in [5.74, 6) is 0. The van der Waals surface area contributed by atoms with E-state index in [1.807, 2.05) is 11.8 Å². The molecule has 0 fully saturated rings. The number of rotatable bonds is 0. The summed E-state index contributed by atoms with van der Waals surface area (Å²) in [5.41, 5.74) is 6.00. The minimum Gasteiger partial charge on any atom is -0.339 e. The highest BCUT2D eigenvalue weighted by Gasteiger charge is 2.26. The zero-order chi connectivity index (χ0) is 14.7. The van der Waals surface area contributed by atoms with Gasteiger partial charge >= 0.3 is 0 Å². The molecule has 0 radical (unpaired) electrons. The van der Waals surface area contributed by atoms with Crippen LogP contribution in [0.1, 0.15) is 16.8 Å². The molecular formula is C19H18N2S. The first-order chi connectivity index (χ1) is 10.8. The van der Waals surface area contributed by atoms with Crippen LogP contribution in [0.4, 0.5) is 0 Å². The number of para-hydroxylation sites is 1. The van der Waals surface area contributed by atoms with Gasteiger partial charge in [0.05, 0.1) is 5.52 Å². The molecule has 3 heteroatoms. The van der Waals surface area contributed by atoms with Crippen LogP contribution in [0.15, 0.2) is 52.3 Å². The van der Waals surface area contributed by atoms with Crippen molar-refractivity contribution in [2.24, 2.45) is 0 Å². The van der Waals surface area contributed by atoms with Crippen molar-refractivity contribution in [3.05, 3.63) is 59.3 Å². The van der Waals surface area contributed by atoms with Crippen LogP contribution in [0, 0.1) is 0 Å². The fourth-order valence-corrected chi connectivity index (χ4v) is 5.00. The molecule has 110 valence electrons. The number of fused-ring (bicyclic) bond motifs is 4. The van der Waals surface area contributed by atoms with Gasteiger partial charge in [0.2, 0.25) is 0 Å². The van der Waals surface area contributed by atoms with Crippen molar-refractivity contribution in [1.29, 1.82) is 0 Å². The Kier molecular flexibility index (Phi) is 2.70. The third-order valence-electron chi connectivity index (χ3n) is 4.95. The molecule has 2 aliphatic heterocycles. The van der Waals surface area contributed by atoms with Crippen molar-refractivity contribution in [1.82, 2.24) is 9.47 Å². The average Bonchev–Trinajstić information content (AvgIpc) is 2.73. The largest absolute Gasteiger partial charge is 0.339 e. The van der Waals surface area contributed by atoms with Gasteiger partial charge in [0, 0.05) is 46.9 Å². The SMILES string of the molecule is CN1CCc2c(c3cccc4c3n2Cc2ccccc2S4)C1. The fourth-order valence-electron chi connectivity index (χ4n) is 3.89. The summed E-state index contributed by atoms with van der Waals surface area (Å²) < 4.78 is 2.59. The molecule has 2 nitrogen and oxygen atoms in total. The molecule has 22 heavy (non-hydrogen) atoms. The fraction of sp³-hybridized carbons (Fsp3) is 0.263. The maximum atomic E-state index is 2.59. The second-order valence-electron chi connectivity index (χ2n) is 6.36. The standard InChI is InChI=1S/C19H18N2S/c1-20-10-9-16-15(12-20)14-6-4-8-18-19(14)21(16)11-13-5-2-3-7-17(13)22-18/h2-8H,9-12H2,1H3. The Morgan fingerprint density at radius 1 is 0.955 bits per heavy atom. The molecule has 1 aromatic heterocycles. The van der Waals surface area contributed by atoms with Crippen LogP contribution < -0.4 is 0 Å². The van der Waals surface area contributed by atoms with Crippen LogP contribution in [0.5, 0.6) is 0 Å². The lowest BCUT2D eigenvalue weighted by molar-refractivity contribution is 0.310. The summed E-state index contributed by atoms with van der Waals surface area (Å²) in [4.78, 5) is 5.24. The van der Waals surface area contributed by atoms with Gasteiger partial charge in [-0.1, -0.05) is 42.1 Å². The van der Waals surface area contributed by atoms with E-state index in [2.05, 4.69) is 59.0 Å². The van der Waals surface area contributed by atoms with Crippen molar-refractivity contribution >= 4 is 22.7 Å². The normalized spacial score (nSPS) is 17.1. The maximum Gasteiger partial charge on any atom is 0.0630 e. The lowest BCUT2D eigenvalue weighted by Gasteiger charge is -2.24. The number of likely N-dealkylation sites (N-methyl/N-ethyl adjacent to an activating group) is 1. The molecule has 0 aliphatic carbocycles. The quantitative estimate of drug-likeness (QED) is 0.482. The Hall–Kier alpha value is -1.71. The van der Waals surface area contributed by atoms with Crippen LogP contribution in [0.3, 0.4) is 0 Å². The molecule has 0 spiro atoms. The third kappa shape index (κ3) is 1.73. The summed E-state index contributed by atoms with van der Waals surface area (Å²) in [6.45, 7) is 3.25. The Morgan fingerprint density at radius 3 is 2.77 bits per heavy atom. The van der Waals surface area contributed by atoms with Gasteiger partial charge < -0.3 is 9.47 Å². The molecule has 0 atom stereocenters. The number of aromatic nitrogens is 1. The van der Waals surface area contributed by atoms with Gasteiger partial charge in [0.25, 0.3) is 0 Å². The van der Waals surface area contributed by atoms with Crippen molar-refractivity contribution in [3.8, 4) is 0 Å². The molecule has 0 bridgehead atoms. The minimum absolute atomic E-state index is 1.01. The topological polar surface area (TPSA) is 8.17 Å². The number of hydrogen-bond donors (Lipinski definition) is 0. The molecular weight excluding hydrogens is 288 g/mol. The van der Waals surface area contributed by atoms with Crippen LogP contribution in [0.2, 0.25) is 0 Å². The van der Waals surface area contributed by atoms with E-state index < -0.39 is 0 Å². The third-order valence-corrected chi connectivity index (χ3v) is 6.12. The van der Waals surface area contributed by atoms with Gasteiger partial charge in [-0.3, -0.25) is 0 Å². The average molecular weight is 306 g/mol. The van der Waals surface area contributed by atoms with Gasteiger partial charge in [-0.05, 0) is 30.3 Å². The number of nitrogens with zero attached hydrogens (tertiary/aromatic N) is 2. The van der Waals surface area contributed by atoms with E-state index in [-0.39, 0.29) is 0 Å². The smallest absolute Gasteiger partial charge is 0.0630 e. The molecule has 0 saturated heterocycles. The molecule has 3 heterocycles. The first-order valence-electron chi connectivity index (χ1n) is 7.88. The minimum atomic E-state index is 1.01. The second kappa shape index (κ2) is 4.64. The Bertz CT molecular complexity index is 894. The first kappa shape index (κ1) is 12.8. The summed E-state index contributed by atoms with van der Waals surface area (Å²) in [6, 6.07) is 15.7. The number of benzene rings is 2. The van der Waals surface area contributed by atoms with Crippen LogP contribution in [-0.2, 0) is 19.5 Å². The molecule has 0 amide bonds. The van der Waals surface area contributed by atoms with Crippen molar-refractivity contribution in [2.75, 3.05) is 13.6 Å². The van der Waals surface area contributed by atoms with Gasteiger partial charge in [-0.2, -0.15) is 0 Å². The molecule has 2 aliphatic rings. The van der Waals surface area contributed by atoms with Crippen LogP contribution >= 0.6 is 11.8 Å². The van der Waals surface area contributed by atoms with E-state index in [1.165, 1.54) is 26.3 Å². The summed E-state index contributed by atoms with van der Waals surface area (Å²) in [5, 5.41) is 1.46. The molecule has 2 aromatic carbocycles. The lowest BCUT2D eigenvalue weighted by Crippen LogP contribution is -2.27. The van der Waals surface area contributed by atoms with Crippen molar-refractivity contribution in [2.45, 2.75) is 29.3 Å². The van der Waals surface area contributed by atoms with Crippen LogP contribution in [-0.4, -0.2) is 23.1 Å². The van der Waals surface area contributed by atoms with Crippen molar-refractivity contribution in [3.63, 3.8) is 0 Å². The summed E-state index contributed by atoms with van der Waals surface area (Å²) >= 11 is 1.93. The van der Waals surface area contributed by atoms with E-state index in [4.69, 9.17) is 0 Å². The Balaban J connectivity index is 1.84. The van der Waals surface area contributed by atoms with Crippen LogP contribution in [0.25, 0.3) is 10.9 Å². The zero-order valence-electron chi connectivity index (χ0n) is 12.7. The van der Waals surface area contributed by atoms with E-state index in [0.717, 1.165) is 26.1 Å². The zero-order valence-corrected chi connectivity index (χ0v) is 13.5. The molecule has 5 rings (SSSR count). The molecule has 0 N–H and O–H groups in total. The van der Waals surface area contributed by atoms with Gasteiger partial charge in [0.15, 0.2) is 0 Å². The molecule has 3 aromatic rings. The van der Waals surface area contributed by atoms with E-state index in [9.17, 15) is 0 Å². The number of hydrogen-bond acceptors (Lipinski definition) is 2. The molecule has 0 unspecified atom stereocenters. The van der Waals surface area contributed by atoms with E-state index >= 15 is 0 Å². The first-order valence-corrected chi connectivity index (χ1v) is 8.70. The highest BCUT2D eigenvalue weighted by Crippen LogP contribution is 2.42. The highest BCUT2D eigenvalue weighted by atomic mass is 32.2. The van der Waals surface area contributed by atoms with Gasteiger partial charge in [-0.15, -0.1) is 0 Å². The molecule has 0 saturated carbocycles. The predicted molar refractivity (Wildman–Crippen MR) is 91.6 cm³/mol. The monoisotopic (exact) mass is 306 g/mol. The highest BCUT2D eigenvalue weighted by molar-refractivity contribution is 7.99. The summed E-state index contributed by atoms with van der Waals surface area (Å²) in [6.07, 6.45) is 1.16. The van der Waals surface area contributed by atoms with Crippen molar-refractivity contribution < 1.29 is 0 Å². The Morgan fingerprint density at radius 2 is 1.82 bits per heavy atom. The Labute approximate surface area is 134 Å². The predicted octanol–water partition coefficient (Wildman–Crippen LogP) is 4.14. The van der Waals surface area contributed by atoms with Gasteiger partial charge in [0.1, 0.15) is 0 Å². The van der Waals surface area contributed by atoms with E-state index in [0.29, 0.717) is 0 Å². The van der Waals surface area contributed by atoms with E-state index in [1.54, 1.807) is 11.3 Å². The second-order valence-corrected chi connectivity index (χ2v) is 7.45. The summed E-state index contributed by atoms with van der Waals surface area (Å²) in [7, 11) is 2.23.